The highest BCUT2D eigenvalue weighted by atomic mass is 16.6. The second kappa shape index (κ2) is 14.1. The molecule has 172 valence electrons. The Bertz CT molecular complexity index is 626. The average Bonchev–Trinajstić information content (AvgIpc) is 2.72. The van der Waals surface area contributed by atoms with E-state index in [4.69, 9.17) is 14.2 Å². The largest absolute Gasteiger partial charge is 0.493 e. The molecule has 0 aromatic heterocycles. The van der Waals surface area contributed by atoms with Crippen LogP contribution in [0.15, 0.2) is 18.2 Å². The molecule has 3 N–H and O–H groups in total. The van der Waals surface area contributed by atoms with Crippen molar-refractivity contribution < 1.29 is 29.3 Å². The zero-order chi connectivity index (χ0) is 22.5. The molecule has 2 atom stereocenters. The summed E-state index contributed by atoms with van der Waals surface area (Å²) in [6.07, 6.45) is 1.32. The number of carboxylic acid groups (broad SMARTS) is 1. The van der Waals surface area contributed by atoms with Gasteiger partial charge in [-0.15, -0.1) is 0 Å². The lowest BCUT2D eigenvalue weighted by Crippen LogP contribution is -2.40. The smallest absolute Gasteiger partial charge is 0.431 e. The lowest BCUT2D eigenvalue weighted by molar-refractivity contribution is -0.104. The van der Waals surface area contributed by atoms with Crippen LogP contribution in [0.2, 0.25) is 0 Å². The molecule has 0 aliphatic carbocycles. The fourth-order valence-electron chi connectivity index (χ4n) is 3.40. The molecule has 0 aliphatic heterocycles. The van der Waals surface area contributed by atoms with E-state index < -0.39 is 12.1 Å². The number of nitrogens with one attached hydrogen (secondary N) is 1. The molecule has 0 spiro atoms. The van der Waals surface area contributed by atoms with Gasteiger partial charge in [-0.05, 0) is 62.4 Å². The Morgan fingerprint density at radius 1 is 1.20 bits per heavy atom. The Balaban J connectivity index is 2.93. The number of amides is 1. The molecule has 30 heavy (non-hydrogen) atoms. The van der Waals surface area contributed by atoms with Crippen molar-refractivity contribution in [3.05, 3.63) is 23.8 Å². The van der Waals surface area contributed by atoms with E-state index in [1.165, 1.54) is 0 Å². The van der Waals surface area contributed by atoms with Gasteiger partial charge in [0.05, 0.1) is 19.8 Å². The van der Waals surface area contributed by atoms with Gasteiger partial charge >= 0.3 is 6.09 Å². The summed E-state index contributed by atoms with van der Waals surface area (Å²) >= 11 is 0. The van der Waals surface area contributed by atoms with Crippen LogP contribution in [0, 0.1) is 11.8 Å². The molecule has 1 amide bonds. The standard InChI is InChI=1S/C22H38N2O6/c1-16(2)18(15-19(9-10-23-3)24(27)22(25)26)13-17-7-8-20(29-5)21(14-17)30-12-6-11-28-4/h7-8,14,16,18-19,23,27H,6,9-13,15H2,1-5H3,(H,25,26)/t18-,19+/m0/s1. The van der Waals surface area contributed by atoms with E-state index in [1.54, 1.807) is 14.2 Å². The molecule has 0 heterocycles. The number of benzene rings is 1. The lowest BCUT2D eigenvalue weighted by Gasteiger charge is -2.30. The molecule has 0 radical (unpaired) electrons. The van der Waals surface area contributed by atoms with Crippen molar-refractivity contribution >= 4 is 6.09 Å². The van der Waals surface area contributed by atoms with Crippen LogP contribution in [0.4, 0.5) is 4.79 Å². The van der Waals surface area contributed by atoms with Gasteiger partial charge in [0.2, 0.25) is 0 Å². The molecule has 1 aromatic rings. The Hall–Kier alpha value is -2.03. The Morgan fingerprint density at radius 2 is 1.93 bits per heavy atom. The van der Waals surface area contributed by atoms with Gasteiger partial charge in [0.25, 0.3) is 0 Å². The van der Waals surface area contributed by atoms with Crippen LogP contribution in [0.1, 0.15) is 38.7 Å². The SMILES string of the molecule is CNCC[C@H](C[C@H](Cc1ccc(OC)c(OCCCOC)c1)C(C)C)N(O)C(=O)O. The zero-order valence-electron chi connectivity index (χ0n) is 18.9. The predicted molar refractivity (Wildman–Crippen MR) is 116 cm³/mol. The minimum atomic E-state index is -1.32. The molecular formula is C22H38N2O6. The van der Waals surface area contributed by atoms with Crippen molar-refractivity contribution in [1.82, 2.24) is 10.4 Å². The summed E-state index contributed by atoms with van der Waals surface area (Å²) in [4.78, 5) is 11.3. The van der Waals surface area contributed by atoms with Crippen LogP contribution >= 0.6 is 0 Å². The summed E-state index contributed by atoms with van der Waals surface area (Å²) in [5.74, 6) is 1.87. The summed E-state index contributed by atoms with van der Waals surface area (Å²) in [6.45, 7) is 6.03. The maximum Gasteiger partial charge on any atom is 0.431 e. The quantitative estimate of drug-likeness (QED) is 0.223. The van der Waals surface area contributed by atoms with E-state index in [0.717, 1.165) is 18.4 Å². The molecule has 0 bridgehead atoms. The van der Waals surface area contributed by atoms with Gasteiger partial charge in [-0.25, -0.2) is 4.79 Å². The summed E-state index contributed by atoms with van der Waals surface area (Å²) in [5.41, 5.74) is 1.09. The zero-order valence-corrected chi connectivity index (χ0v) is 18.9. The monoisotopic (exact) mass is 426 g/mol. The van der Waals surface area contributed by atoms with Crippen molar-refractivity contribution in [3.63, 3.8) is 0 Å². The summed E-state index contributed by atoms with van der Waals surface area (Å²) in [6, 6.07) is 5.42. The normalized spacial score (nSPS) is 13.2. The molecule has 8 heteroatoms. The van der Waals surface area contributed by atoms with Crippen LogP contribution < -0.4 is 14.8 Å². The molecular weight excluding hydrogens is 388 g/mol. The highest BCUT2D eigenvalue weighted by Gasteiger charge is 2.27. The molecule has 1 rings (SSSR count). The number of rotatable bonds is 15. The molecule has 0 aliphatic rings. The first-order valence-corrected chi connectivity index (χ1v) is 10.5. The minimum Gasteiger partial charge on any atom is -0.493 e. The highest BCUT2D eigenvalue weighted by molar-refractivity contribution is 5.63. The van der Waals surface area contributed by atoms with Gasteiger partial charge in [-0.1, -0.05) is 19.9 Å². The molecule has 1 aromatic carbocycles. The number of nitrogens with zero attached hydrogens (tertiary/aromatic N) is 1. The van der Waals surface area contributed by atoms with Crippen molar-refractivity contribution in [2.45, 2.75) is 45.6 Å². The van der Waals surface area contributed by atoms with Crippen molar-refractivity contribution in [1.29, 1.82) is 0 Å². The van der Waals surface area contributed by atoms with Crippen molar-refractivity contribution in [2.24, 2.45) is 11.8 Å². The number of hydrogen-bond acceptors (Lipinski definition) is 6. The number of ether oxygens (including phenoxy) is 3. The second-order valence-electron chi connectivity index (χ2n) is 7.80. The highest BCUT2D eigenvalue weighted by Crippen LogP contribution is 2.31. The first-order chi connectivity index (χ1) is 14.3. The van der Waals surface area contributed by atoms with E-state index in [-0.39, 0.29) is 5.92 Å². The van der Waals surface area contributed by atoms with E-state index in [0.29, 0.717) is 55.1 Å². The van der Waals surface area contributed by atoms with E-state index in [1.807, 2.05) is 25.2 Å². The Labute approximate surface area is 180 Å². The molecule has 0 saturated heterocycles. The Kier molecular flexibility index (Phi) is 12.2. The number of hydroxylamine groups is 2. The maximum absolute atomic E-state index is 11.3. The average molecular weight is 427 g/mol. The van der Waals surface area contributed by atoms with Crippen LogP contribution in [-0.2, 0) is 11.2 Å². The van der Waals surface area contributed by atoms with Crippen LogP contribution in [0.5, 0.6) is 11.5 Å². The van der Waals surface area contributed by atoms with Gasteiger partial charge in [0.1, 0.15) is 0 Å². The van der Waals surface area contributed by atoms with Crippen LogP contribution in [0.3, 0.4) is 0 Å². The van der Waals surface area contributed by atoms with Gasteiger partial charge < -0.3 is 24.6 Å². The summed E-state index contributed by atoms with van der Waals surface area (Å²) in [5, 5.41) is 22.7. The predicted octanol–water partition coefficient (Wildman–Crippen LogP) is 3.66. The van der Waals surface area contributed by atoms with E-state index in [9.17, 15) is 15.1 Å². The Morgan fingerprint density at radius 3 is 2.50 bits per heavy atom. The molecule has 0 unspecified atom stereocenters. The van der Waals surface area contributed by atoms with Crippen molar-refractivity contribution in [2.75, 3.05) is 41.0 Å². The van der Waals surface area contributed by atoms with Gasteiger partial charge in [0.15, 0.2) is 11.5 Å². The fraction of sp³-hybridized carbons (Fsp3) is 0.682. The number of methoxy groups -OCH3 is 2. The second-order valence-corrected chi connectivity index (χ2v) is 7.80. The van der Waals surface area contributed by atoms with Crippen molar-refractivity contribution in [3.8, 4) is 11.5 Å². The number of carbonyl (C=O) groups is 1. The van der Waals surface area contributed by atoms with Crippen LogP contribution in [0.25, 0.3) is 0 Å². The lowest BCUT2D eigenvalue weighted by atomic mass is 9.83. The third-order valence-electron chi connectivity index (χ3n) is 5.26. The first-order valence-electron chi connectivity index (χ1n) is 10.5. The molecule has 0 fully saturated rings. The third kappa shape index (κ3) is 8.77. The third-order valence-corrected chi connectivity index (χ3v) is 5.26. The van der Waals surface area contributed by atoms with Gasteiger partial charge in [0, 0.05) is 20.1 Å². The minimum absolute atomic E-state index is 0.190. The number of hydrogen-bond donors (Lipinski definition) is 3. The maximum atomic E-state index is 11.3. The van der Waals surface area contributed by atoms with Gasteiger partial charge in [-0.2, -0.15) is 5.06 Å². The fourth-order valence-corrected chi connectivity index (χ4v) is 3.40. The molecule has 8 nitrogen and oxygen atoms in total. The van der Waals surface area contributed by atoms with E-state index >= 15 is 0 Å². The van der Waals surface area contributed by atoms with E-state index in [2.05, 4.69) is 19.2 Å². The van der Waals surface area contributed by atoms with Gasteiger partial charge in [-0.3, -0.25) is 5.21 Å². The first kappa shape index (κ1) is 26.0. The summed E-state index contributed by atoms with van der Waals surface area (Å²) < 4.78 is 16.3. The van der Waals surface area contributed by atoms with Crippen LogP contribution in [-0.4, -0.2) is 68.5 Å². The summed E-state index contributed by atoms with van der Waals surface area (Å²) in [7, 11) is 5.09. The molecule has 0 saturated carbocycles. The topological polar surface area (TPSA) is 100 Å².